The maximum absolute atomic E-state index is 12.7. The highest BCUT2D eigenvalue weighted by molar-refractivity contribution is 7.99. The van der Waals surface area contributed by atoms with Gasteiger partial charge in [-0.3, -0.25) is 14.2 Å². The normalized spacial score (nSPS) is 10.8. The monoisotopic (exact) mass is 397 g/mol. The Hall–Kier alpha value is -2.80. The molecule has 0 aliphatic rings. The van der Waals surface area contributed by atoms with Gasteiger partial charge in [-0.2, -0.15) is 0 Å². The minimum Gasteiger partial charge on any atom is -0.492 e. The number of aromatic nitrogens is 2. The van der Waals surface area contributed by atoms with E-state index in [1.807, 2.05) is 55.5 Å². The molecule has 3 aromatic rings. The van der Waals surface area contributed by atoms with Crippen LogP contribution in [0.2, 0.25) is 0 Å². The first-order valence-corrected chi connectivity index (χ1v) is 10.2. The van der Waals surface area contributed by atoms with Gasteiger partial charge in [-0.15, -0.1) is 0 Å². The summed E-state index contributed by atoms with van der Waals surface area (Å²) in [6.07, 6.45) is 0.816. The van der Waals surface area contributed by atoms with Crippen molar-refractivity contribution in [1.82, 2.24) is 14.9 Å². The number of rotatable bonds is 9. The van der Waals surface area contributed by atoms with Crippen molar-refractivity contribution in [2.45, 2.75) is 25.0 Å². The fourth-order valence-corrected chi connectivity index (χ4v) is 3.59. The lowest BCUT2D eigenvalue weighted by molar-refractivity contribution is -0.118. The minimum absolute atomic E-state index is 0.0633. The SMILES string of the molecule is CCCn1c(SCC(=O)NCCOc2ccccc2)nc2ccccc2c1=O. The second-order valence-corrected chi connectivity index (χ2v) is 7.11. The number of thioether (sulfide) groups is 1. The number of carbonyl (C=O) groups is 1. The van der Waals surface area contributed by atoms with E-state index in [0.29, 0.717) is 35.8 Å². The van der Waals surface area contributed by atoms with Crippen LogP contribution in [0.15, 0.2) is 64.5 Å². The molecule has 1 heterocycles. The average molecular weight is 398 g/mol. The van der Waals surface area contributed by atoms with Crippen molar-refractivity contribution < 1.29 is 9.53 Å². The molecule has 0 saturated heterocycles. The van der Waals surface area contributed by atoms with Gasteiger partial charge in [-0.25, -0.2) is 4.98 Å². The highest BCUT2D eigenvalue weighted by Crippen LogP contribution is 2.18. The van der Waals surface area contributed by atoms with Crippen molar-refractivity contribution in [2.75, 3.05) is 18.9 Å². The van der Waals surface area contributed by atoms with Crippen molar-refractivity contribution in [3.8, 4) is 5.75 Å². The lowest BCUT2D eigenvalue weighted by Gasteiger charge is -2.12. The van der Waals surface area contributed by atoms with Crippen LogP contribution >= 0.6 is 11.8 Å². The molecule has 28 heavy (non-hydrogen) atoms. The van der Waals surface area contributed by atoms with Crippen LogP contribution in [0.3, 0.4) is 0 Å². The summed E-state index contributed by atoms with van der Waals surface area (Å²) in [4.78, 5) is 29.4. The zero-order valence-corrected chi connectivity index (χ0v) is 16.6. The molecule has 0 aliphatic heterocycles. The van der Waals surface area contributed by atoms with Crippen molar-refractivity contribution in [2.24, 2.45) is 0 Å². The molecule has 146 valence electrons. The van der Waals surface area contributed by atoms with Crippen LogP contribution in [0.25, 0.3) is 10.9 Å². The number of amides is 1. The molecule has 1 amide bonds. The summed E-state index contributed by atoms with van der Waals surface area (Å²) in [5, 5.41) is 4.00. The molecule has 6 nitrogen and oxygen atoms in total. The predicted octanol–water partition coefficient (Wildman–Crippen LogP) is 3.09. The second-order valence-electron chi connectivity index (χ2n) is 6.17. The third kappa shape index (κ3) is 5.13. The zero-order valence-electron chi connectivity index (χ0n) is 15.8. The molecule has 1 aromatic heterocycles. The van der Waals surface area contributed by atoms with Crippen molar-refractivity contribution in [3.05, 3.63) is 65.0 Å². The number of nitrogens with zero attached hydrogens (tertiary/aromatic N) is 2. The van der Waals surface area contributed by atoms with Gasteiger partial charge >= 0.3 is 0 Å². The highest BCUT2D eigenvalue weighted by atomic mass is 32.2. The topological polar surface area (TPSA) is 73.2 Å². The Balaban J connectivity index is 1.57. The fourth-order valence-electron chi connectivity index (χ4n) is 2.74. The van der Waals surface area contributed by atoms with Crippen molar-refractivity contribution in [1.29, 1.82) is 0 Å². The second kappa shape index (κ2) is 9.94. The quantitative estimate of drug-likeness (QED) is 0.341. The van der Waals surface area contributed by atoms with Gasteiger partial charge in [-0.05, 0) is 30.7 Å². The molecule has 0 unspecified atom stereocenters. The van der Waals surface area contributed by atoms with Crippen LogP contribution in [0.5, 0.6) is 5.75 Å². The van der Waals surface area contributed by atoms with E-state index in [4.69, 9.17) is 4.74 Å². The van der Waals surface area contributed by atoms with Crippen molar-refractivity contribution in [3.63, 3.8) is 0 Å². The van der Waals surface area contributed by atoms with E-state index in [9.17, 15) is 9.59 Å². The molecule has 0 spiro atoms. The molecule has 1 N–H and O–H groups in total. The Kier molecular flexibility index (Phi) is 7.08. The van der Waals surface area contributed by atoms with E-state index in [-0.39, 0.29) is 17.2 Å². The Morgan fingerprint density at radius 2 is 1.89 bits per heavy atom. The molecule has 0 bridgehead atoms. The Morgan fingerprint density at radius 3 is 2.68 bits per heavy atom. The Labute approximate surface area is 167 Å². The van der Waals surface area contributed by atoms with E-state index in [1.54, 1.807) is 10.6 Å². The van der Waals surface area contributed by atoms with Crippen LogP contribution in [0, 0.1) is 0 Å². The lowest BCUT2D eigenvalue weighted by Crippen LogP contribution is -2.30. The van der Waals surface area contributed by atoms with E-state index in [2.05, 4.69) is 10.3 Å². The minimum atomic E-state index is -0.118. The zero-order chi connectivity index (χ0) is 19.8. The van der Waals surface area contributed by atoms with Crippen LogP contribution < -0.4 is 15.6 Å². The summed E-state index contributed by atoms with van der Waals surface area (Å²) in [5.41, 5.74) is 0.589. The predicted molar refractivity (Wildman–Crippen MR) is 112 cm³/mol. The molecule has 0 fully saturated rings. The van der Waals surface area contributed by atoms with Crippen LogP contribution in [0.4, 0.5) is 0 Å². The summed E-state index contributed by atoms with van der Waals surface area (Å²) in [5.74, 6) is 0.849. The maximum atomic E-state index is 12.7. The van der Waals surface area contributed by atoms with Crippen LogP contribution in [0.1, 0.15) is 13.3 Å². The standard InChI is InChI=1S/C21H23N3O3S/c1-2-13-24-20(26)17-10-6-7-11-18(17)23-21(24)28-15-19(25)22-12-14-27-16-8-4-3-5-9-16/h3-11H,2,12-15H2,1H3,(H,22,25). The van der Waals surface area contributed by atoms with E-state index in [1.165, 1.54) is 11.8 Å². The van der Waals surface area contributed by atoms with Crippen LogP contribution in [-0.2, 0) is 11.3 Å². The van der Waals surface area contributed by atoms with E-state index < -0.39 is 0 Å². The van der Waals surface area contributed by atoms with Gasteiger partial charge in [0.2, 0.25) is 5.91 Å². The lowest BCUT2D eigenvalue weighted by atomic mass is 10.2. The smallest absolute Gasteiger partial charge is 0.262 e. The molecule has 0 saturated carbocycles. The first-order chi connectivity index (χ1) is 13.7. The fraction of sp³-hybridized carbons (Fsp3) is 0.286. The van der Waals surface area contributed by atoms with Gasteiger partial charge in [0.15, 0.2) is 5.16 Å². The molecule has 3 rings (SSSR count). The van der Waals surface area contributed by atoms with Crippen molar-refractivity contribution >= 4 is 28.6 Å². The van der Waals surface area contributed by atoms with Gasteiger partial charge in [0.05, 0.1) is 23.2 Å². The Morgan fingerprint density at radius 1 is 1.14 bits per heavy atom. The summed E-state index contributed by atoms with van der Waals surface area (Å²) < 4.78 is 7.21. The Bertz CT molecular complexity index is 989. The number of para-hydroxylation sites is 2. The number of hydrogen-bond acceptors (Lipinski definition) is 5. The number of nitrogens with one attached hydrogen (secondary N) is 1. The summed E-state index contributed by atoms with van der Waals surface area (Å²) in [6.45, 7) is 3.40. The molecule has 7 heteroatoms. The number of carbonyl (C=O) groups excluding carboxylic acids is 1. The number of ether oxygens (including phenoxy) is 1. The summed E-state index contributed by atoms with van der Waals surface area (Å²) >= 11 is 1.28. The van der Waals surface area contributed by atoms with Gasteiger partial charge in [0.1, 0.15) is 12.4 Å². The summed E-state index contributed by atoms with van der Waals surface area (Å²) in [7, 11) is 0. The van der Waals surface area contributed by atoms with Gasteiger partial charge in [0.25, 0.3) is 5.56 Å². The van der Waals surface area contributed by atoms with Crippen LogP contribution in [-0.4, -0.2) is 34.4 Å². The largest absolute Gasteiger partial charge is 0.492 e. The number of benzene rings is 2. The molecular weight excluding hydrogens is 374 g/mol. The first-order valence-electron chi connectivity index (χ1n) is 9.26. The van der Waals surface area contributed by atoms with Gasteiger partial charge < -0.3 is 10.1 Å². The maximum Gasteiger partial charge on any atom is 0.262 e. The van der Waals surface area contributed by atoms with E-state index in [0.717, 1.165) is 12.2 Å². The third-order valence-electron chi connectivity index (χ3n) is 4.04. The molecule has 0 atom stereocenters. The van der Waals surface area contributed by atoms with E-state index >= 15 is 0 Å². The highest BCUT2D eigenvalue weighted by Gasteiger charge is 2.12. The summed E-state index contributed by atoms with van der Waals surface area (Å²) in [6, 6.07) is 16.7. The molecule has 2 aromatic carbocycles. The molecule has 0 aliphatic carbocycles. The number of fused-ring (bicyclic) bond motifs is 1. The first kappa shape index (κ1) is 19.9. The average Bonchev–Trinajstić information content (AvgIpc) is 2.73. The molecular formula is C21H23N3O3S. The van der Waals surface area contributed by atoms with Gasteiger partial charge in [0, 0.05) is 6.54 Å². The number of hydrogen-bond donors (Lipinski definition) is 1. The van der Waals surface area contributed by atoms with Gasteiger partial charge in [-0.1, -0.05) is 49.0 Å². The molecule has 0 radical (unpaired) electrons. The third-order valence-corrected chi connectivity index (χ3v) is 5.02.